The van der Waals surface area contributed by atoms with Gasteiger partial charge in [-0.15, -0.1) is 0 Å². The van der Waals surface area contributed by atoms with Crippen LogP contribution in [0.1, 0.15) is 13.3 Å². The first-order chi connectivity index (χ1) is 3.39. The van der Waals surface area contributed by atoms with E-state index in [0.29, 0.717) is 5.92 Å². The summed E-state index contributed by atoms with van der Waals surface area (Å²) in [6.07, 6.45) is 5.75. The molecule has 1 atom stereocenters. The summed E-state index contributed by atoms with van der Waals surface area (Å²) < 4.78 is 4.88. The molecule has 0 aromatic carbocycles. The first-order valence-electron chi connectivity index (χ1n) is 2.58. The zero-order valence-corrected chi connectivity index (χ0v) is 7.89. The smallest absolute Gasteiger partial charge is 0.0482 e. The van der Waals surface area contributed by atoms with E-state index in [0.717, 1.165) is 13.0 Å². The van der Waals surface area contributed by atoms with Gasteiger partial charge in [0.2, 0.25) is 0 Å². The predicted octanol–water partition coefficient (Wildman–Crippen LogP) is 1.36. The SMILES string of the molecule is CC1CC=[C-]OC1.[Y]. The Morgan fingerprint density at radius 2 is 2.50 bits per heavy atom. The minimum Gasteiger partial charge on any atom is -0.693 e. The van der Waals surface area contributed by atoms with E-state index in [4.69, 9.17) is 4.74 Å². The van der Waals surface area contributed by atoms with Crippen molar-refractivity contribution in [2.75, 3.05) is 6.61 Å². The van der Waals surface area contributed by atoms with E-state index in [-0.39, 0.29) is 32.7 Å². The first kappa shape index (κ1) is 8.64. The van der Waals surface area contributed by atoms with Crippen molar-refractivity contribution >= 4 is 0 Å². The third-order valence-electron chi connectivity index (χ3n) is 1.05. The Balaban J connectivity index is 0.000000490. The molecule has 1 radical (unpaired) electrons. The number of ether oxygens (including phenoxy) is 1. The van der Waals surface area contributed by atoms with Crippen LogP contribution in [-0.2, 0) is 37.4 Å². The Kier molecular flexibility index (Phi) is 4.88. The molecule has 1 aliphatic rings. The van der Waals surface area contributed by atoms with Crippen molar-refractivity contribution in [1.29, 1.82) is 0 Å². The quantitative estimate of drug-likeness (QED) is 0.519. The minimum atomic E-state index is 0. The van der Waals surface area contributed by atoms with Crippen LogP contribution in [-0.4, -0.2) is 6.61 Å². The van der Waals surface area contributed by atoms with E-state index >= 15 is 0 Å². The van der Waals surface area contributed by atoms with Gasteiger partial charge in [-0.2, -0.15) is 0 Å². The summed E-state index contributed by atoms with van der Waals surface area (Å²) in [4.78, 5) is 0. The number of hydrogen-bond donors (Lipinski definition) is 0. The maximum atomic E-state index is 4.88. The third-order valence-corrected chi connectivity index (χ3v) is 1.05. The fraction of sp³-hybridized carbons (Fsp3) is 0.667. The molecule has 0 saturated carbocycles. The fourth-order valence-corrected chi connectivity index (χ4v) is 0.567. The third kappa shape index (κ3) is 2.83. The monoisotopic (exact) mass is 186 g/mol. The van der Waals surface area contributed by atoms with E-state index in [1.165, 1.54) is 0 Å². The first-order valence-corrected chi connectivity index (χ1v) is 2.58. The topological polar surface area (TPSA) is 9.23 Å². The molecule has 0 aliphatic carbocycles. The Morgan fingerprint density at radius 1 is 1.75 bits per heavy atom. The maximum Gasteiger partial charge on any atom is 0.0482 e. The molecule has 1 aliphatic heterocycles. The average molecular weight is 186 g/mol. The zero-order valence-electron chi connectivity index (χ0n) is 5.05. The van der Waals surface area contributed by atoms with Crippen molar-refractivity contribution in [3.63, 3.8) is 0 Å². The molecule has 0 spiro atoms. The van der Waals surface area contributed by atoms with Crippen LogP contribution in [0.4, 0.5) is 0 Å². The summed E-state index contributed by atoms with van der Waals surface area (Å²) in [5, 5.41) is 0. The van der Waals surface area contributed by atoms with Gasteiger partial charge in [-0.25, -0.2) is 6.08 Å². The largest absolute Gasteiger partial charge is 0.693 e. The van der Waals surface area contributed by atoms with E-state index < -0.39 is 0 Å². The molecule has 1 nitrogen and oxygen atoms in total. The van der Waals surface area contributed by atoms with Gasteiger partial charge in [0.15, 0.2) is 0 Å². The van der Waals surface area contributed by atoms with E-state index in [9.17, 15) is 0 Å². The van der Waals surface area contributed by atoms with Crippen molar-refractivity contribution in [1.82, 2.24) is 0 Å². The maximum absolute atomic E-state index is 4.88. The number of hydrogen-bond acceptors (Lipinski definition) is 1. The number of rotatable bonds is 0. The second-order valence-corrected chi connectivity index (χ2v) is 1.97. The van der Waals surface area contributed by atoms with Crippen LogP contribution in [0, 0.1) is 12.2 Å². The van der Waals surface area contributed by atoms with Crippen LogP contribution >= 0.6 is 0 Å². The molecule has 2 heteroatoms. The molecule has 0 saturated heterocycles. The van der Waals surface area contributed by atoms with Gasteiger partial charge >= 0.3 is 0 Å². The molecule has 0 bridgehead atoms. The summed E-state index contributed by atoms with van der Waals surface area (Å²) in [6, 6.07) is 0. The fourth-order valence-electron chi connectivity index (χ4n) is 0.567. The molecular formula is C6H9OY-. The summed E-state index contributed by atoms with van der Waals surface area (Å²) in [7, 11) is 0. The molecule has 1 rings (SSSR count). The minimum absolute atomic E-state index is 0. The molecule has 1 unspecified atom stereocenters. The van der Waals surface area contributed by atoms with E-state index in [2.05, 4.69) is 13.2 Å². The molecule has 0 aromatic rings. The summed E-state index contributed by atoms with van der Waals surface area (Å²) in [6.45, 7) is 3.01. The van der Waals surface area contributed by atoms with Gasteiger partial charge in [-0.3, -0.25) is 0 Å². The summed E-state index contributed by atoms with van der Waals surface area (Å²) >= 11 is 0. The van der Waals surface area contributed by atoms with Gasteiger partial charge in [0, 0.05) is 39.3 Å². The summed E-state index contributed by atoms with van der Waals surface area (Å²) in [5.74, 6) is 0.696. The van der Waals surface area contributed by atoms with Crippen LogP contribution in [0.2, 0.25) is 0 Å². The van der Waals surface area contributed by atoms with E-state index in [1.54, 1.807) is 0 Å². The molecule has 0 N–H and O–H groups in total. The molecule has 0 fully saturated rings. The second kappa shape index (κ2) is 4.52. The van der Waals surface area contributed by atoms with Gasteiger partial charge < -0.3 is 11.0 Å². The van der Waals surface area contributed by atoms with Crippen molar-refractivity contribution in [2.45, 2.75) is 13.3 Å². The van der Waals surface area contributed by atoms with Crippen LogP contribution < -0.4 is 0 Å². The van der Waals surface area contributed by atoms with E-state index in [1.807, 2.05) is 6.08 Å². The Bertz CT molecular complexity index is 80.6. The van der Waals surface area contributed by atoms with Crippen molar-refractivity contribution < 1.29 is 37.4 Å². The Labute approximate surface area is 75.4 Å². The van der Waals surface area contributed by atoms with Crippen LogP contribution in [0.3, 0.4) is 0 Å². The van der Waals surface area contributed by atoms with Crippen molar-refractivity contribution in [3.05, 3.63) is 12.3 Å². The molecule has 8 heavy (non-hydrogen) atoms. The average Bonchev–Trinajstić information content (AvgIpc) is 1.69. The van der Waals surface area contributed by atoms with Crippen molar-refractivity contribution in [3.8, 4) is 0 Å². The Hall–Kier alpha value is 0.644. The van der Waals surface area contributed by atoms with Crippen LogP contribution in [0.5, 0.6) is 0 Å². The van der Waals surface area contributed by atoms with Gasteiger partial charge in [0.05, 0.1) is 0 Å². The van der Waals surface area contributed by atoms with Crippen LogP contribution in [0.15, 0.2) is 6.08 Å². The standard InChI is InChI=1S/C6H9O.Y/c1-6-3-2-4-7-5-6;/h2,6H,3,5H2,1H3;/q-1;. The normalized spacial score (nSPS) is 25.9. The summed E-state index contributed by atoms with van der Waals surface area (Å²) in [5.41, 5.74) is 0. The van der Waals surface area contributed by atoms with Crippen LogP contribution in [0.25, 0.3) is 0 Å². The molecule has 0 aromatic heterocycles. The van der Waals surface area contributed by atoms with Gasteiger partial charge in [-0.05, 0) is 5.92 Å². The Morgan fingerprint density at radius 3 is 2.75 bits per heavy atom. The van der Waals surface area contributed by atoms with Gasteiger partial charge in [0.25, 0.3) is 0 Å². The van der Waals surface area contributed by atoms with Crippen molar-refractivity contribution in [2.24, 2.45) is 5.92 Å². The zero-order chi connectivity index (χ0) is 5.11. The second-order valence-electron chi connectivity index (χ2n) is 1.97. The van der Waals surface area contributed by atoms with Gasteiger partial charge in [0.1, 0.15) is 0 Å². The molecular weight excluding hydrogens is 177 g/mol. The van der Waals surface area contributed by atoms with Gasteiger partial charge in [-0.1, -0.05) is 13.3 Å². The molecule has 0 amide bonds. The predicted molar refractivity (Wildman–Crippen MR) is 27.5 cm³/mol. The molecule has 43 valence electrons. The molecule has 1 heterocycles. The number of allylic oxidation sites excluding steroid dienone is 1.